The van der Waals surface area contributed by atoms with Crippen molar-refractivity contribution in [2.75, 3.05) is 13.2 Å². The molecule has 0 aliphatic carbocycles. The highest BCUT2D eigenvalue weighted by molar-refractivity contribution is 5.66. The van der Waals surface area contributed by atoms with Gasteiger partial charge in [0.05, 0.1) is 25.4 Å². The van der Waals surface area contributed by atoms with Crippen LogP contribution >= 0.6 is 0 Å². The highest BCUT2D eigenvalue weighted by Gasteiger charge is 2.46. The SMILES string of the molecule is CC(=O)O[C@H](CO)C(O)C(O[C@H]1OC(CO)[C@@H](O)C(O)C1N)[C@@H](O)C(C)O. The number of hydrogen-bond acceptors (Lipinski definition) is 12. The molecule has 0 aromatic rings. The van der Waals surface area contributed by atoms with Gasteiger partial charge in [-0.05, 0) is 6.92 Å². The van der Waals surface area contributed by atoms with E-state index in [1.165, 1.54) is 6.92 Å². The molecule has 0 aromatic carbocycles. The number of nitrogens with two attached hydrogens (primary N) is 1. The highest BCUT2D eigenvalue weighted by atomic mass is 16.7. The molecule has 27 heavy (non-hydrogen) atoms. The lowest BCUT2D eigenvalue weighted by Crippen LogP contribution is -2.64. The van der Waals surface area contributed by atoms with Gasteiger partial charge in [-0.3, -0.25) is 4.79 Å². The Kier molecular flexibility index (Phi) is 9.44. The van der Waals surface area contributed by atoms with Crippen molar-refractivity contribution in [3.63, 3.8) is 0 Å². The lowest BCUT2D eigenvalue weighted by atomic mass is 9.96. The van der Waals surface area contributed by atoms with Gasteiger partial charge in [0.2, 0.25) is 0 Å². The summed E-state index contributed by atoms with van der Waals surface area (Å²) < 4.78 is 15.4. The number of carbonyl (C=O) groups is 1. The van der Waals surface area contributed by atoms with Gasteiger partial charge in [-0.2, -0.15) is 0 Å². The van der Waals surface area contributed by atoms with Gasteiger partial charge in [-0.25, -0.2) is 0 Å². The quantitative estimate of drug-likeness (QED) is 0.171. The fourth-order valence-electron chi connectivity index (χ4n) is 2.66. The van der Waals surface area contributed by atoms with Crippen LogP contribution in [0.25, 0.3) is 0 Å². The largest absolute Gasteiger partial charge is 0.457 e. The van der Waals surface area contributed by atoms with E-state index < -0.39 is 80.3 Å². The fourth-order valence-corrected chi connectivity index (χ4v) is 2.66. The Hall–Kier alpha value is -0.930. The van der Waals surface area contributed by atoms with Crippen LogP contribution in [-0.2, 0) is 19.0 Å². The minimum Gasteiger partial charge on any atom is -0.457 e. The van der Waals surface area contributed by atoms with Crippen LogP contribution in [0.15, 0.2) is 0 Å². The lowest BCUT2D eigenvalue weighted by molar-refractivity contribution is -0.301. The maximum Gasteiger partial charge on any atom is 0.303 e. The van der Waals surface area contributed by atoms with E-state index >= 15 is 0 Å². The third kappa shape index (κ3) is 6.02. The number of esters is 1. The molecular formula is C15H29NO11. The Bertz CT molecular complexity index is 463. The smallest absolute Gasteiger partial charge is 0.303 e. The molecule has 10 atom stereocenters. The van der Waals surface area contributed by atoms with Crippen molar-refractivity contribution in [2.45, 2.75) is 75.0 Å². The van der Waals surface area contributed by atoms with Crippen molar-refractivity contribution in [1.29, 1.82) is 0 Å². The zero-order valence-corrected chi connectivity index (χ0v) is 15.0. The van der Waals surface area contributed by atoms with Gasteiger partial charge < -0.3 is 55.7 Å². The molecule has 0 radical (unpaired) electrons. The van der Waals surface area contributed by atoms with Crippen molar-refractivity contribution >= 4 is 5.97 Å². The highest BCUT2D eigenvalue weighted by Crippen LogP contribution is 2.25. The van der Waals surface area contributed by atoms with Crippen molar-refractivity contribution in [2.24, 2.45) is 5.73 Å². The van der Waals surface area contributed by atoms with Crippen molar-refractivity contribution in [3.8, 4) is 0 Å². The molecule has 160 valence electrons. The van der Waals surface area contributed by atoms with Gasteiger partial charge in [0.1, 0.15) is 36.6 Å². The normalized spacial score (nSPS) is 34.4. The summed E-state index contributed by atoms with van der Waals surface area (Å²) in [7, 11) is 0. The van der Waals surface area contributed by atoms with Gasteiger partial charge in [0.15, 0.2) is 12.4 Å². The molecule has 1 aliphatic rings. The number of ether oxygens (including phenoxy) is 3. The van der Waals surface area contributed by atoms with Gasteiger partial charge in [-0.1, -0.05) is 0 Å². The summed E-state index contributed by atoms with van der Waals surface area (Å²) >= 11 is 0. The molecule has 1 aliphatic heterocycles. The van der Waals surface area contributed by atoms with Gasteiger partial charge in [-0.15, -0.1) is 0 Å². The van der Waals surface area contributed by atoms with E-state index in [4.69, 9.17) is 19.9 Å². The van der Waals surface area contributed by atoms with Gasteiger partial charge in [0, 0.05) is 6.92 Å². The van der Waals surface area contributed by atoms with E-state index in [0.29, 0.717) is 0 Å². The molecule has 12 nitrogen and oxygen atoms in total. The molecule has 1 heterocycles. The number of aliphatic hydroxyl groups excluding tert-OH is 7. The van der Waals surface area contributed by atoms with Gasteiger partial charge in [0.25, 0.3) is 0 Å². The molecular weight excluding hydrogens is 370 g/mol. The predicted octanol–water partition coefficient (Wildman–Crippen LogP) is -4.84. The monoisotopic (exact) mass is 399 g/mol. The van der Waals surface area contributed by atoms with Crippen molar-refractivity contribution in [3.05, 3.63) is 0 Å². The molecule has 9 N–H and O–H groups in total. The zero-order chi connectivity index (χ0) is 20.9. The number of carbonyl (C=O) groups excluding carboxylic acids is 1. The molecule has 0 spiro atoms. The predicted molar refractivity (Wildman–Crippen MR) is 86.9 cm³/mol. The molecule has 0 amide bonds. The van der Waals surface area contributed by atoms with Crippen LogP contribution in [0.4, 0.5) is 0 Å². The second kappa shape index (κ2) is 10.6. The van der Waals surface area contributed by atoms with E-state index in [2.05, 4.69) is 0 Å². The number of hydrogen-bond donors (Lipinski definition) is 8. The van der Waals surface area contributed by atoms with Crippen LogP contribution in [0, 0.1) is 0 Å². The van der Waals surface area contributed by atoms with Crippen LogP contribution in [0.5, 0.6) is 0 Å². The maximum atomic E-state index is 11.1. The molecule has 1 rings (SSSR count). The van der Waals surface area contributed by atoms with Crippen LogP contribution in [0.1, 0.15) is 13.8 Å². The van der Waals surface area contributed by atoms with Crippen LogP contribution in [0.3, 0.4) is 0 Å². The maximum absolute atomic E-state index is 11.1. The summed E-state index contributed by atoms with van der Waals surface area (Å²) in [6, 6.07) is -1.33. The molecule has 1 saturated heterocycles. The fraction of sp³-hybridized carbons (Fsp3) is 0.933. The lowest BCUT2D eigenvalue weighted by Gasteiger charge is -2.43. The standard InChI is InChI=1S/C15H29NO11/c1-5(19)10(21)14(12(23)8(4-18)25-6(2)20)27-15-9(16)13(24)11(22)7(3-17)26-15/h5,7-15,17-19,21-24H,3-4,16H2,1-2H3/t5?,7?,8-,9?,10+,11-,12?,13?,14?,15-/m1/s1. The average molecular weight is 399 g/mol. The van der Waals surface area contributed by atoms with Crippen molar-refractivity contribution < 1.29 is 54.8 Å². The molecule has 6 unspecified atom stereocenters. The average Bonchev–Trinajstić information content (AvgIpc) is 2.62. The summed E-state index contributed by atoms with van der Waals surface area (Å²) in [6.07, 6.45) is -13.9. The molecule has 1 fully saturated rings. The van der Waals surface area contributed by atoms with Crippen LogP contribution in [0.2, 0.25) is 0 Å². The first kappa shape index (κ1) is 24.1. The number of aliphatic hydroxyl groups is 7. The van der Waals surface area contributed by atoms with Crippen LogP contribution < -0.4 is 5.73 Å². The third-order valence-electron chi connectivity index (χ3n) is 4.27. The Morgan fingerprint density at radius 1 is 1.15 bits per heavy atom. The van der Waals surface area contributed by atoms with E-state index in [0.717, 1.165) is 6.92 Å². The minimum atomic E-state index is -1.81. The van der Waals surface area contributed by atoms with Crippen LogP contribution in [-0.4, -0.2) is 116 Å². The van der Waals surface area contributed by atoms with E-state index in [1.807, 2.05) is 0 Å². The topological polar surface area (TPSA) is 212 Å². The molecule has 0 saturated carbocycles. The first-order valence-corrected chi connectivity index (χ1v) is 8.40. The second-order valence-electron chi connectivity index (χ2n) is 6.44. The molecule has 0 aromatic heterocycles. The molecule has 12 heteroatoms. The summed E-state index contributed by atoms with van der Waals surface area (Å²) in [6.45, 7) is 0.749. The summed E-state index contributed by atoms with van der Waals surface area (Å²) in [5.41, 5.74) is 5.74. The van der Waals surface area contributed by atoms with E-state index in [9.17, 15) is 40.5 Å². The Labute approximate surface area is 155 Å². The van der Waals surface area contributed by atoms with E-state index in [-0.39, 0.29) is 0 Å². The summed E-state index contributed by atoms with van der Waals surface area (Å²) in [4.78, 5) is 11.1. The third-order valence-corrected chi connectivity index (χ3v) is 4.27. The van der Waals surface area contributed by atoms with Crippen molar-refractivity contribution in [1.82, 2.24) is 0 Å². The summed E-state index contributed by atoms with van der Waals surface area (Å²) in [5, 5.41) is 68.5. The Balaban J connectivity index is 3.04. The zero-order valence-electron chi connectivity index (χ0n) is 15.0. The Morgan fingerprint density at radius 3 is 2.19 bits per heavy atom. The first-order chi connectivity index (χ1) is 12.5. The van der Waals surface area contributed by atoms with E-state index in [1.54, 1.807) is 0 Å². The summed E-state index contributed by atoms with van der Waals surface area (Å²) in [5.74, 6) is -0.817. The Morgan fingerprint density at radius 2 is 1.74 bits per heavy atom. The second-order valence-corrected chi connectivity index (χ2v) is 6.44. The molecule has 0 bridgehead atoms. The first-order valence-electron chi connectivity index (χ1n) is 8.40. The number of rotatable bonds is 9. The van der Waals surface area contributed by atoms with Gasteiger partial charge >= 0.3 is 5.97 Å². The minimum absolute atomic E-state index is 0.677.